The Balaban J connectivity index is 1.27. The zero-order valence-corrected chi connectivity index (χ0v) is 24.7. The second-order valence-electron chi connectivity index (χ2n) is 10.9. The van der Waals surface area contributed by atoms with Crippen LogP contribution in [0.25, 0.3) is 22.3 Å². The number of para-hydroxylation sites is 1. The molecule has 1 N–H and O–H groups in total. The summed E-state index contributed by atoms with van der Waals surface area (Å²) in [6, 6.07) is 27.3. The summed E-state index contributed by atoms with van der Waals surface area (Å²) in [6.45, 7) is 2.75. The van der Waals surface area contributed by atoms with E-state index in [1.165, 1.54) is 12.1 Å². The zero-order chi connectivity index (χ0) is 30.6. The Morgan fingerprint density at radius 2 is 1.52 bits per heavy atom. The van der Waals surface area contributed by atoms with Gasteiger partial charge in [-0.05, 0) is 78.6 Å². The molecular weight excluding hydrogens is 579 g/mol. The van der Waals surface area contributed by atoms with Gasteiger partial charge in [-0.1, -0.05) is 48.0 Å². The highest BCUT2D eigenvalue weighted by molar-refractivity contribution is 6.30. The maximum Gasteiger partial charge on any atom is 0.307 e. The average molecular weight is 609 g/mol. The van der Waals surface area contributed by atoms with Gasteiger partial charge in [0.05, 0.1) is 28.8 Å². The van der Waals surface area contributed by atoms with Crippen LogP contribution in [0.2, 0.25) is 5.02 Å². The summed E-state index contributed by atoms with van der Waals surface area (Å²) in [5, 5.41) is 9.76. The van der Waals surface area contributed by atoms with Crippen molar-refractivity contribution >= 4 is 40.2 Å². The van der Waals surface area contributed by atoms with E-state index < -0.39 is 11.8 Å². The van der Waals surface area contributed by atoms with Crippen LogP contribution >= 0.6 is 11.6 Å². The molecule has 0 bridgehead atoms. The van der Waals surface area contributed by atoms with Crippen molar-refractivity contribution in [2.24, 2.45) is 0 Å². The van der Waals surface area contributed by atoms with Gasteiger partial charge in [0.1, 0.15) is 5.82 Å². The number of rotatable bonds is 8. The third-order valence-electron chi connectivity index (χ3n) is 7.81. The van der Waals surface area contributed by atoms with Crippen LogP contribution in [0.3, 0.4) is 0 Å². The molecule has 1 aliphatic rings. The number of hydrogen-bond acceptors (Lipinski definition) is 5. The molecule has 0 spiro atoms. The van der Waals surface area contributed by atoms with Crippen LogP contribution in [0, 0.1) is 5.82 Å². The molecule has 1 amide bonds. The fraction of sp³-hybridized carbons (Fsp3) is 0.200. The minimum absolute atomic E-state index is 0.0459. The molecule has 1 fully saturated rings. The molecule has 1 saturated heterocycles. The molecule has 4 aromatic carbocycles. The number of fused-ring (bicyclic) bond motifs is 1. The zero-order valence-electron chi connectivity index (χ0n) is 23.9. The Morgan fingerprint density at radius 1 is 0.795 bits per heavy atom. The topological polar surface area (TPSA) is 86.6 Å². The summed E-state index contributed by atoms with van der Waals surface area (Å²) in [4.78, 5) is 38.7. The Hall–Kier alpha value is -4.82. The van der Waals surface area contributed by atoms with Gasteiger partial charge < -0.3 is 14.9 Å². The molecule has 2 heterocycles. The first-order valence-electron chi connectivity index (χ1n) is 14.5. The molecule has 0 unspecified atom stereocenters. The lowest BCUT2D eigenvalue weighted by Gasteiger charge is -2.36. The predicted octanol–water partition coefficient (Wildman–Crippen LogP) is 6.46. The SMILES string of the molecule is O=C(O)Cc1cc(F)cc(CCc2nc3cc(C(=O)N4CCN(c5ccccc5)CC4)ccc3nc2-c2ccc(Cl)cc2)c1. The quantitative estimate of drug-likeness (QED) is 0.217. The summed E-state index contributed by atoms with van der Waals surface area (Å²) in [5.74, 6) is -1.54. The minimum atomic E-state index is -1.02. The number of aromatic nitrogens is 2. The number of aryl methyl sites for hydroxylation is 2. The summed E-state index contributed by atoms with van der Waals surface area (Å²) >= 11 is 6.14. The molecule has 0 aliphatic carbocycles. The molecule has 1 aromatic heterocycles. The van der Waals surface area contributed by atoms with E-state index in [9.17, 15) is 14.0 Å². The number of hydrogen-bond donors (Lipinski definition) is 1. The lowest BCUT2D eigenvalue weighted by Crippen LogP contribution is -2.48. The Bertz CT molecular complexity index is 1820. The van der Waals surface area contributed by atoms with E-state index in [2.05, 4.69) is 17.0 Å². The number of carbonyl (C=O) groups excluding carboxylic acids is 1. The number of aliphatic carboxylic acids is 1. The van der Waals surface area contributed by atoms with E-state index in [4.69, 9.17) is 26.7 Å². The molecule has 222 valence electrons. The van der Waals surface area contributed by atoms with Crippen LogP contribution in [0.15, 0.2) is 91.0 Å². The number of piperazine rings is 1. The first kappa shape index (κ1) is 29.3. The number of carboxylic acids is 1. The van der Waals surface area contributed by atoms with Crippen molar-refractivity contribution in [2.45, 2.75) is 19.3 Å². The maximum absolute atomic E-state index is 14.3. The van der Waals surface area contributed by atoms with E-state index >= 15 is 0 Å². The van der Waals surface area contributed by atoms with E-state index in [0.717, 1.165) is 24.3 Å². The van der Waals surface area contributed by atoms with Gasteiger partial charge in [0.15, 0.2) is 0 Å². The number of anilines is 1. The number of benzene rings is 4. The number of nitrogens with zero attached hydrogens (tertiary/aromatic N) is 4. The fourth-order valence-electron chi connectivity index (χ4n) is 5.63. The molecule has 44 heavy (non-hydrogen) atoms. The average Bonchev–Trinajstić information content (AvgIpc) is 3.03. The summed E-state index contributed by atoms with van der Waals surface area (Å²) in [7, 11) is 0. The highest BCUT2D eigenvalue weighted by Crippen LogP contribution is 2.27. The monoisotopic (exact) mass is 608 g/mol. The largest absolute Gasteiger partial charge is 0.481 e. The van der Waals surface area contributed by atoms with Gasteiger partial charge in [-0.15, -0.1) is 0 Å². The predicted molar refractivity (Wildman–Crippen MR) is 170 cm³/mol. The third kappa shape index (κ3) is 6.71. The van der Waals surface area contributed by atoms with Gasteiger partial charge in [0.2, 0.25) is 0 Å². The van der Waals surface area contributed by atoms with Crippen molar-refractivity contribution in [1.82, 2.24) is 14.9 Å². The van der Waals surface area contributed by atoms with Crippen molar-refractivity contribution < 1.29 is 19.1 Å². The van der Waals surface area contributed by atoms with E-state index in [-0.39, 0.29) is 12.3 Å². The number of halogens is 2. The standard InChI is InChI=1S/C35H30ClFN4O3/c36-27-10-7-25(8-11-27)34-31(12-6-23-18-24(21-33(42)43)20-28(37)19-23)38-32-22-26(9-13-30(32)39-34)35(44)41-16-14-40(15-17-41)29-4-2-1-3-5-29/h1-5,7-11,13,18-20,22H,6,12,14-17,21H2,(H,42,43). The van der Waals surface area contributed by atoms with E-state index in [0.29, 0.717) is 70.1 Å². The number of amides is 1. The second-order valence-corrected chi connectivity index (χ2v) is 11.3. The molecule has 9 heteroatoms. The van der Waals surface area contributed by atoms with Crippen LogP contribution in [0.4, 0.5) is 10.1 Å². The maximum atomic E-state index is 14.3. The minimum Gasteiger partial charge on any atom is -0.481 e. The molecular formula is C35H30ClFN4O3. The van der Waals surface area contributed by atoms with Gasteiger partial charge in [0.25, 0.3) is 5.91 Å². The van der Waals surface area contributed by atoms with Crippen molar-refractivity contribution in [3.8, 4) is 11.3 Å². The molecule has 1 aliphatic heterocycles. The lowest BCUT2D eigenvalue weighted by atomic mass is 10.0. The first-order chi connectivity index (χ1) is 21.3. The molecule has 0 saturated carbocycles. The number of carboxylic acid groups (broad SMARTS) is 1. The lowest BCUT2D eigenvalue weighted by molar-refractivity contribution is -0.136. The molecule has 7 nitrogen and oxygen atoms in total. The van der Waals surface area contributed by atoms with Crippen LogP contribution in [-0.4, -0.2) is 58.0 Å². The summed E-state index contributed by atoms with van der Waals surface area (Å²) in [5.41, 5.74) is 6.22. The Kier molecular flexibility index (Phi) is 8.52. The molecule has 6 rings (SSSR count). The van der Waals surface area contributed by atoms with Crippen LogP contribution in [0.1, 0.15) is 27.2 Å². The van der Waals surface area contributed by atoms with Crippen LogP contribution < -0.4 is 4.90 Å². The Morgan fingerprint density at radius 3 is 2.25 bits per heavy atom. The third-order valence-corrected chi connectivity index (χ3v) is 8.06. The van der Waals surface area contributed by atoms with Gasteiger partial charge in [-0.2, -0.15) is 0 Å². The van der Waals surface area contributed by atoms with E-state index in [1.807, 2.05) is 41.3 Å². The highest BCUT2D eigenvalue weighted by atomic mass is 35.5. The normalized spacial score (nSPS) is 13.3. The van der Waals surface area contributed by atoms with E-state index in [1.54, 1.807) is 30.3 Å². The smallest absolute Gasteiger partial charge is 0.307 e. The summed E-state index contributed by atoms with van der Waals surface area (Å²) < 4.78 is 14.3. The molecule has 5 aromatic rings. The van der Waals surface area contributed by atoms with Crippen LogP contribution in [0.5, 0.6) is 0 Å². The molecule has 0 atom stereocenters. The van der Waals surface area contributed by atoms with Crippen LogP contribution in [-0.2, 0) is 24.1 Å². The molecule has 0 radical (unpaired) electrons. The van der Waals surface area contributed by atoms with Gasteiger partial charge >= 0.3 is 5.97 Å². The second kappa shape index (κ2) is 12.8. The van der Waals surface area contributed by atoms with Crippen molar-refractivity contribution in [3.63, 3.8) is 0 Å². The number of carbonyl (C=O) groups is 2. The Labute approximate surface area is 259 Å². The van der Waals surface area contributed by atoms with Gasteiger partial charge in [-0.3, -0.25) is 9.59 Å². The summed E-state index contributed by atoms with van der Waals surface area (Å²) in [6.07, 6.45) is 0.598. The van der Waals surface area contributed by atoms with Crippen molar-refractivity contribution in [1.29, 1.82) is 0 Å². The van der Waals surface area contributed by atoms with Crippen molar-refractivity contribution in [2.75, 3.05) is 31.1 Å². The van der Waals surface area contributed by atoms with Gasteiger partial charge in [0, 0.05) is 48.0 Å². The van der Waals surface area contributed by atoms with Crippen molar-refractivity contribution in [3.05, 3.63) is 124 Å². The highest BCUT2D eigenvalue weighted by Gasteiger charge is 2.23. The first-order valence-corrected chi connectivity index (χ1v) is 14.9. The van der Waals surface area contributed by atoms with Gasteiger partial charge in [-0.25, -0.2) is 14.4 Å². The fourth-order valence-corrected chi connectivity index (χ4v) is 5.75.